The van der Waals surface area contributed by atoms with E-state index in [2.05, 4.69) is 5.32 Å². The van der Waals surface area contributed by atoms with Crippen LogP contribution in [0.15, 0.2) is 108 Å². The van der Waals surface area contributed by atoms with Gasteiger partial charge in [0, 0.05) is 19.4 Å². The summed E-state index contributed by atoms with van der Waals surface area (Å²) in [5.74, 6) is -0.913. The highest BCUT2D eigenvalue weighted by Gasteiger charge is 2.33. The van der Waals surface area contributed by atoms with Crippen LogP contribution in [-0.2, 0) is 26.0 Å². The van der Waals surface area contributed by atoms with E-state index in [-0.39, 0.29) is 23.8 Å². The van der Waals surface area contributed by atoms with Gasteiger partial charge in [-0.15, -0.1) is 0 Å². The average molecular weight is 555 g/mol. The van der Waals surface area contributed by atoms with Crippen LogP contribution in [0.25, 0.3) is 11.1 Å². The minimum atomic E-state index is -4.13. The number of sulfonamides is 1. The zero-order valence-corrected chi connectivity index (χ0v) is 23.1. The van der Waals surface area contributed by atoms with Crippen molar-refractivity contribution in [3.8, 4) is 11.1 Å². The molecule has 5 rings (SSSR count). The molecule has 0 unspecified atom stereocenters. The summed E-state index contributed by atoms with van der Waals surface area (Å²) < 4.78 is 32.8. The second kappa shape index (κ2) is 11.4. The molecule has 0 radical (unpaired) electrons. The highest BCUT2D eigenvalue weighted by molar-refractivity contribution is 7.89. The van der Waals surface area contributed by atoms with Crippen LogP contribution in [0.3, 0.4) is 0 Å². The Morgan fingerprint density at radius 3 is 1.98 bits per heavy atom. The van der Waals surface area contributed by atoms with Gasteiger partial charge in [0.2, 0.25) is 0 Å². The molecule has 0 fully saturated rings. The Morgan fingerprint density at radius 1 is 0.825 bits per heavy atom. The van der Waals surface area contributed by atoms with Crippen LogP contribution < -0.4 is 5.32 Å². The van der Waals surface area contributed by atoms with Gasteiger partial charge in [0.05, 0.1) is 4.90 Å². The Morgan fingerprint density at radius 2 is 1.38 bits per heavy atom. The van der Waals surface area contributed by atoms with Crippen molar-refractivity contribution in [3.05, 3.63) is 125 Å². The molecule has 1 aliphatic carbocycles. The monoisotopic (exact) mass is 554 g/mol. The van der Waals surface area contributed by atoms with Crippen LogP contribution in [0.2, 0.25) is 0 Å². The number of carbonyl (C=O) groups excluding carboxylic acids is 2. The number of rotatable bonds is 8. The Hall–Kier alpha value is -4.43. The van der Waals surface area contributed by atoms with Crippen molar-refractivity contribution in [2.45, 2.75) is 30.2 Å². The molecule has 1 atom stereocenters. The third-order valence-electron chi connectivity index (χ3n) is 7.21. The van der Waals surface area contributed by atoms with Crippen molar-refractivity contribution in [3.63, 3.8) is 0 Å². The number of fused-ring (bicyclic) bond motifs is 3. The van der Waals surface area contributed by atoms with Crippen molar-refractivity contribution in [2.75, 3.05) is 13.7 Å². The second-order valence-corrected chi connectivity index (χ2v) is 11.8. The molecule has 7 nitrogen and oxygen atoms in total. The van der Waals surface area contributed by atoms with E-state index in [9.17, 15) is 18.0 Å². The van der Waals surface area contributed by atoms with Crippen molar-refractivity contribution in [1.29, 1.82) is 0 Å². The molecule has 1 aliphatic rings. The summed E-state index contributed by atoms with van der Waals surface area (Å²) >= 11 is 0. The minimum absolute atomic E-state index is 0.00597. The van der Waals surface area contributed by atoms with E-state index in [0.717, 1.165) is 33.4 Å². The van der Waals surface area contributed by atoms with Gasteiger partial charge in [0.1, 0.15) is 12.6 Å². The zero-order valence-electron chi connectivity index (χ0n) is 22.3. The fourth-order valence-corrected chi connectivity index (χ4v) is 6.20. The molecule has 0 aliphatic heterocycles. The average Bonchev–Trinajstić information content (AvgIpc) is 3.29. The summed E-state index contributed by atoms with van der Waals surface area (Å²) in [4.78, 5) is 26.6. The number of hydrogen-bond donors (Lipinski definition) is 1. The van der Waals surface area contributed by atoms with Gasteiger partial charge in [-0.2, -0.15) is 0 Å². The van der Waals surface area contributed by atoms with Gasteiger partial charge in [0.25, 0.3) is 15.9 Å². The number of nitrogens with zero attached hydrogens (tertiary/aromatic N) is 1. The lowest BCUT2D eigenvalue weighted by Crippen LogP contribution is -2.50. The van der Waals surface area contributed by atoms with Crippen LogP contribution in [0.1, 0.15) is 28.2 Å². The van der Waals surface area contributed by atoms with Crippen LogP contribution in [-0.4, -0.2) is 44.4 Å². The maximum atomic E-state index is 13.5. The van der Waals surface area contributed by atoms with Gasteiger partial charge in [-0.1, -0.05) is 96.6 Å². The number of hydrogen-bond acceptors (Lipinski definition) is 5. The number of benzene rings is 4. The number of alkyl carbamates (subject to hydrolysis) is 1. The third-order valence-corrected chi connectivity index (χ3v) is 8.98. The maximum Gasteiger partial charge on any atom is 0.407 e. The van der Waals surface area contributed by atoms with Crippen LogP contribution >= 0.6 is 0 Å². The quantitative estimate of drug-likeness (QED) is 0.319. The molecule has 8 heteroatoms. The van der Waals surface area contributed by atoms with Gasteiger partial charge in [-0.05, 0) is 46.9 Å². The van der Waals surface area contributed by atoms with Gasteiger partial charge in [0.15, 0.2) is 0 Å². The van der Waals surface area contributed by atoms with E-state index in [0.29, 0.717) is 4.31 Å². The van der Waals surface area contributed by atoms with E-state index < -0.39 is 28.1 Å². The summed E-state index contributed by atoms with van der Waals surface area (Å²) in [5, 5.41) is 2.63. The number of likely N-dealkylation sites (N-methyl/N-ethyl adjacent to an activating group) is 1. The molecule has 40 heavy (non-hydrogen) atoms. The molecule has 0 aromatic heterocycles. The smallest absolute Gasteiger partial charge is 0.407 e. The first-order chi connectivity index (χ1) is 19.3. The fraction of sp³-hybridized carbons (Fsp3) is 0.188. The Kier molecular flexibility index (Phi) is 7.71. The molecule has 4 aromatic rings. The summed E-state index contributed by atoms with van der Waals surface area (Å²) in [6.07, 6.45) is -0.699. The summed E-state index contributed by atoms with van der Waals surface area (Å²) in [6, 6.07) is 30.2. The standard InChI is InChI=1S/C32H30N2O5S/c1-22-16-18-24(19-17-22)40(37,38)34(2)31(35)30(20-23-10-4-3-5-11-23)33-32(36)39-21-29-27-14-8-6-12-25(27)26-13-7-9-15-28(26)29/h3-19,29-30H,20-21H2,1-2H3,(H,33,36)/t30-/m0/s1. The van der Waals surface area contributed by atoms with Crippen molar-refractivity contribution in [2.24, 2.45) is 0 Å². The van der Waals surface area contributed by atoms with E-state index in [1.807, 2.05) is 85.8 Å². The molecule has 0 saturated heterocycles. The second-order valence-electron chi connectivity index (χ2n) is 9.84. The van der Waals surface area contributed by atoms with Gasteiger partial charge >= 0.3 is 6.09 Å². The molecule has 0 bridgehead atoms. The predicted molar refractivity (Wildman–Crippen MR) is 153 cm³/mol. The number of carbonyl (C=O) groups is 2. The fourth-order valence-electron chi connectivity index (χ4n) is 5.04. The summed E-state index contributed by atoms with van der Waals surface area (Å²) in [5.41, 5.74) is 6.00. The predicted octanol–water partition coefficient (Wildman–Crippen LogP) is 5.29. The molecule has 0 saturated carbocycles. The summed E-state index contributed by atoms with van der Waals surface area (Å²) in [6.45, 7) is 1.92. The molecule has 204 valence electrons. The highest BCUT2D eigenvalue weighted by Crippen LogP contribution is 2.44. The Balaban J connectivity index is 1.34. The minimum Gasteiger partial charge on any atom is -0.449 e. The highest BCUT2D eigenvalue weighted by atomic mass is 32.2. The molecular weight excluding hydrogens is 524 g/mol. The lowest BCUT2D eigenvalue weighted by molar-refractivity contribution is -0.127. The van der Waals surface area contributed by atoms with E-state index in [4.69, 9.17) is 4.74 Å². The molecule has 0 spiro atoms. The lowest BCUT2D eigenvalue weighted by Gasteiger charge is -2.25. The number of aryl methyl sites for hydroxylation is 1. The van der Waals surface area contributed by atoms with E-state index >= 15 is 0 Å². The van der Waals surface area contributed by atoms with Crippen LogP contribution in [0.4, 0.5) is 4.79 Å². The largest absolute Gasteiger partial charge is 0.449 e. The maximum absolute atomic E-state index is 13.5. The first kappa shape index (κ1) is 27.1. The topological polar surface area (TPSA) is 92.8 Å². The SMILES string of the molecule is Cc1ccc(S(=O)(=O)N(C)C(=O)[C@H](Cc2ccccc2)NC(=O)OCC2c3ccccc3-c3ccccc32)cc1. The Labute approximate surface area is 234 Å². The van der Waals surface area contributed by atoms with Crippen molar-refractivity contribution < 1.29 is 22.7 Å². The first-order valence-electron chi connectivity index (χ1n) is 13.0. The number of nitrogens with one attached hydrogen (secondary N) is 1. The van der Waals surface area contributed by atoms with E-state index in [1.54, 1.807) is 12.1 Å². The molecular formula is C32H30N2O5S. The molecule has 1 N–H and O–H groups in total. The van der Waals surface area contributed by atoms with Crippen molar-refractivity contribution in [1.82, 2.24) is 9.62 Å². The zero-order chi connectivity index (χ0) is 28.3. The third kappa shape index (κ3) is 5.49. The first-order valence-corrected chi connectivity index (χ1v) is 14.4. The van der Waals surface area contributed by atoms with Gasteiger partial charge < -0.3 is 10.1 Å². The Bertz CT molecular complexity index is 1590. The number of ether oxygens (including phenoxy) is 1. The normalized spacial score (nSPS) is 13.2. The molecule has 4 aromatic carbocycles. The molecule has 2 amide bonds. The summed E-state index contributed by atoms with van der Waals surface area (Å²) in [7, 11) is -2.93. The van der Waals surface area contributed by atoms with Gasteiger partial charge in [-0.3, -0.25) is 4.79 Å². The van der Waals surface area contributed by atoms with Crippen molar-refractivity contribution >= 4 is 22.0 Å². The van der Waals surface area contributed by atoms with Crippen LogP contribution in [0, 0.1) is 6.92 Å². The van der Waals surface area contributed by atoms with Crippen LogP contribution in [0.5, 0.6) is 0 Å². The number of amides is 2. The van der Waals surface area contributed by atoms with E-state index in [1.165, 1.54) is 19.2 Å². The van der Waals surface area contributed by atoms with Gasteiger partial charge in [-0.25, -0.2) is 17.5 Å². The molecule has 0 heterocycles. The lowest BCUT2D eigenvalue weighted by atomic mass is 9.98.